The van der Waals surface area contributed by atoms with Crippen molar-refractivity contribution in [3.63, 3.8) is 0 Å². The lowest BCUT2D eigenvalue weighted by atomic mass is 10.6. The van der Waals surface area contributed by atoms with Crippen molar-refractivity contribution >= 4 is 17.7 Å². The normalized spacial score (nSPS) is 9.77. The summed E-state index contributed by atoms with van der Waals surface area (Å²) < 4.78 is 9.87. The van der Waals surface area contributed by atoms with E-state index in [1.807, 2.05) is 0 Å². The molecule has 0 fully saturated rings. The summed E-state index contributed by atoms with van der Waals surface area (Å²) in [5, 5.41) is 0. The van der Waals surface area contributed by atoms with Gasteiger partial charge in [0.2, 0.25) is 0 Å². The van der Waals surface area contributed by atoms with E-state index in [1.54, 1.807) is 14.0 Å². The molecular formula is C8H16ClNO3. The molecule has 0 heterocycles. The third-order valence-corrected chi connectivity index (χ3v) is 1.53. The zero-order valence-electron chi connectivity index (χ0n) is 8.09. The van der Waals surface area contributed by atoms with Gasteiger partial charge in [0, 0.05) is 19.5 Å². The summed E-state index contributed by atoms with van der Waals surface area (Å²) in [6.07, 6.45) is -0.322. The van der Waals surface area contributed by atoms with Crippen molar-refractivity contribution < 1.29 is 14.3 Å². The van der Waals surface area contributed by atoms with E-state index < -0.39 is 0 Å². The number of carbonyl (C=O) groups is 1. The second-order valence-corrected chi connectivity index (χ2v) is 2.80. The molecule has 0 aromatic heterocycles. The van der Waals surface area contributed by atoms with Gasteiger partial charge in [-0.05, 0) is 6.92 Å². The molecule has 4 nitrogen and oxygen atoms in total. The third-order valence-electron chi connectivity index (χ3n) is 1.37. The summed E-state index contributed by atoms with van der Waals surface area (Å²) in [5.74, 6) is 0.475. The van der Waals surface area contributed by atoms with Crippen LogP contribution in [0.1, 0.15) is 6.92 Å². The molecule has 5 heteroatoms. The van der Waals surface area contributed by atoms with Crippen molar-refractivity contribution in [1.82, 2.24) is 4.90 Å². The number of alkyl halides is 1. The molecule has 0 saturated carbocycles. The first-order chi connectivity index (χ1) is 6.22. The standard InChI is InChI=1S/C8H16ClNO3/c1-3-13-8(11)10(2)5-7-12-6-4-9/h3-7H2,1-2H3. The van der Waals surface area contributed by atoms with Crippen LogP contribution in [0.3, 0.4) is 0 Å². The van der Waals surface area contributed by atoms with Crippen molar-refractivity contribution in [1.29, 1.82) is 0 Å². The molecule has 0 aromatic rings. The van der Waals surface area contributed by atoms with Crippen LogP contribution in [0.4, 0.5) is 4.79 Å². The molecule has 0 aliphatic rings. The lowest BCUT2D eigenvalue weighted by Crippen LogP contribution is -2.30. The molecule has 0 bridgehead atoms. The Morgan fingerprint density at radius 1 is 1.46 bits per heavy atom. The summed E-state index contributed by atoms with van der Waals surface area (Å²) in [6.45, 7) is 3.69. The summed E-state index contributed by atoms with van der Waals surface area (Å²) in [7, 11) is 1.67. The zero-order chi connectivity index (χ0) is 10.1. The highest BCUT2D eigenvalue weighted by atomic mass is 35.5. The Bertz CT molecular complexity index is 143. The Morgan fingerprint density at radius 3 is 2.69 bits per heavy atom. The van der Waals surface area contributed by atoms with Crippen molar-refractivity contribution in [2.45, 2.75) is 6.92 Å². The predicted molar refractivity (Wildman–Crippen MR) is 51.2 cm³/mol. The number of hydrogen-bond acceptors (Lipinski definition) is 3. The minimum absolute atomic E-state index is 0.322. The van der Waals surface area contributed by atoms with E-state index in [0.29, 0.717) is 32.2 Å². The lowest BCUT2D eigenvalue weighted by Gasteiger charge is -2.15. The summed E-state index contributed by atoms with van der Waals surface area (Å²) in [5.41, 5.74) is 0. The molecule has 13 heavy (non-hydrogen) atoms. The lowest BCUT2D eigenvalue weighted by molar-refractivity contribution is 0.0910. The molecule has 0 aliphatic carbocycles. The minimum atomic E-state index is -0.322. The van der Waals surface area contributed by atoms with Gasteiger partial charge in [0.25, 0.3) is 0 Å². The number of hydrogen-bond donors (Lipinski definition) is 0. The fourth-order valence-electron chi connectivity index (χ4n) is 0.683. The zero-order valence-corrected chi connectivity index (χ0v) is 8.84. The van der Waals surface area contributed by atoms with Gasteiger partial charge in [0.05, 0.1) is 19.8 Å². The van der Waals surface area contributed by atoms with Gasteiger partial charge >= 0.3 is 6.09 Å². The van der Waals surface area contributed by atoms with Crippen LogP contribution in [0.2, 0.25) is 0 Å². The Balaban J connectivity index is 3.38. The molecule has 78 valence electrons. The van der Waals surface area contributed by atoms with Gasteiger partial charge in [0.15, 0.2) is 0 Å². The first kappa shape index (κ1) is 12.5. The number of rotatable bonds is 6. The van der Waals surface area contributed by atoms with Crippen LogP contribution in [0.25, 0.3) is 0 Å². The Kier molecular flexibility index (Phi) is 7.83. The van der Waals surface area contributed by atoms with E-state index in [0.717, 1.165) is 0 Å². The number of halogens is 1. The number of nitrogens with zero attached hydrogens (tertiary/aromatic N) is 1. The van der Waals surface area contributed by atoms with Crippen LogP contribution in [-0.2, 0) is 9.47 Å². The van der Waals surface area contributed by atoms with Crippen molar-refractivity contribution in [2.75, 3.05) is 39.3 Å². The summed E-state index contributed by atoms with van der Waals surface area (Å²) >= 11 is 5.40. The first-order valence-electron chi connectivity index (χ1n) is 4.24. The van der Waals surface area contributed by atoms with Crippen LogP contribution >= 0.6 is 11.6 Å². The summed E-state index contributed by atoms with van der Waals surface area (Å²) in [6, 6.07) is 0. The van der Waals surface area contributed by atoms with Crippen molar-refractivity contribution in [3.05, 3.63) is 0 Å². The van der Waals surface area contributed by atoms with Gasteiger partial charge < -0.3 is 14.4 Å². The smallest absolute Gasteiger partial charge is 0.409 e. The average molecular weight is 210 g/mol. The Morgan fingerprint density at radius 2 is 2.15 bits per heavy atom. The van der Waals surface area contributed by atoms with Crippen LogP contribution in [0, 0.1) is 0 Å². The van der Waals surface area contributed by atoms with Crippen LogP contribution in [-0.4, -0.2) is 50.3 Å². The quantitative estimate of drug-likeness (QED) is 0.490. The van der Waals surface area contributed by atoms with Gasteiger partial charge in [-0.3, -0.25) is 0 Å². The number of carbonyl (C=O) groups excluding carboxylic acids is 1. The monoisotopic (exact) mass is 209 g/mol. The number of ether oxygens (including phenoxy) is 2. The molecule has 0 saturated heterocycles. The number of amides is 1. The highest BCUT2D eigenvalue weighted by molar-refractivity contribution is 6.17. The molecule has 0 N–H and O–H groups in total. The molecule has 0 atom stereocenters. The first-order valence-corrected chi connectivity index (χ1v) is 4.77. The third kappa shape index (κ3) is 6.66. The van der Waals surface area contributed by atoms with Gasteiger partial charge in [-0.15, -0.1) is 11.6 Å². The maximum absolute atomic E-state index is 11.0. The maximum atomic E-state index is 11.0. The van der Waals surface area contributed by atoms with Crippen LogP contribution < -0.4 is 0 Å². The fourth-order valence-corrected chi connectivity index (χ4v) is 0.792. The van der Waals surface area contributed by atoms with E-state index in [9.17, 15) is 4.79 Å². The molecule has 0 spiro atoms. The molecule has 0 aromatic carbocycles. The second-order valence-electron chi connectivity index (χ2n) is 2.42. The largest absolute Gasteiger partial charge is 0.450 e. The van der Waals surface area contributed by atoms with Crippen LogP contribution in [0.15, 0.2) is 0 Å². The highest BCUT2D eigenvalue weighted by Gasteiger charge is 2.07. The SMILES string of the molecule is CCOC(=O)N(C)CCOCCCl. The fraction of sp³-hybridized carbons (Fsp3) is 0.875. The Hall–Kier alpha value is -0.480. The molecule has 0 unspecified atom stereocenters. The second kappa shape index (κ2) is 8.13. The average Bonchev–Trinajstić information content (AvgIpc) is 2.12. The van der Waals surface area contributed by atoms with Crippen molar-refractivity contribution in [3.8, 4) is 0 Å². The van der Waals surface area contributed by atoms with E-state index in [4.69, 9.17) is 21.1 Å². The predicted octanol–water partition coefficient (Wildman–Crippen LogP) is 1.33. The molecular weight excluding hydrogens is 194 g/mol. The van der Waals surface area contributed by atoms with E-state index in [1.165, 1.54) is 4.90 Å². The molecule has 1 amide bonds. The Labute approximate surface area is 83.7 Å². The minimum Gasteiger partial charge on any atom is -0.450 e. The van der Waals surface area contributed by atoms with Gasteiger partial charge in [0.1, 0.15) is 0 Å². The molecule has 0 rings (SSSR count). The topological polar surface area (TPSA) is 38.8 Å². The van der Waals surface area contributed by atoms with Crippen molar-refractivity contribution in [2.24, 2.45) is 0 Å². The maximum Gasteiger partial charge on any atom is 0.409 e. The molecule has 0 aliphatic heterocycles. The summed E-state index contributed by atoms with van der Waals surface area (Å²) in [4.78, 5) is 12.5. The van der Waals surface area contributed by atoms with Crippen LogP contribution in [0.5, 0.6) is 0 Å². The van der Waals surface area contributed by atoms with E-state index >= 15 is 0 Å². The number of likely N-dealkylation sites (N-methyl/N-ethyl adjacent to an activating group) is 1. The highest BCUT2D eigenvalue weighted by Crippen LogP contribution is 1.90. The van der Waals surface area contributed by atoms with Gasteiger partial charge in [-0.25, -0.2) is 4.79 Å². The van der Waals surface area contributed by atoms with Gasteiger partial charge in [-0.1, -0.05) is 0 Å². The van der Waals surface area contributed by atoms with E-state index in [-0.39, 0.29) is 6.09 Å². The van der Waals surface area contributed by atoms with Gasteiger partial charge in [-0.2, -0.15) is 0 Å². The van der Waals surface area contributed by atoms with E-state index in [2.05, 4.69) is 0 Å². The molecule has 0 radical (unpaired) electrons.